The first-order valence-corrected chi connectivity index (χ1v) is 10.7. The van der Waals surface area contributed by atoms with Crippen LogP contribution in [0.25, 0.3) is 0 Å². The van der Waals surface area contributed by atoms with Gasteiger partial charge in [-0.3, -0.25) is 0 Å². The molecule has 0 aliphatic heterocycles. The smallest absolute Gasteiger partial charge is 0.214 e. The van der Waals surface area contributed by atoms with Crippen LogP contribution in [-0.4, -0.2) is 16.8 Å². The summed E-state index contributed by atoms with van der Waals surface area (Å²) in [5, 5.41) is 0. The first kappa shape index (κ1) is 19.1. The molecule has 0 saturated carbocycles. The molecule has 0 bridgehead atoms. The van der Waals surface area contributed by atoms with Gasteiger partial charge in [-0.05, 0) is 38.1 Å². The van der Waals surface area contributed by atoms with Gasteiger partial charge in [-0.2, -0.15) is 0 Å². The van der Waals surface area contributed by atoms with Gasteiger partial charge in [-0.15, -0.1) is 25.3 Å². The lowest BCUT2D eigenvalue weighted by molar-refractivity contribution is 0.599. The van der Waals surface area contributed by atoms with Gasteiger partial charge in [0, 0.05) is 0 Å². The van der Waals surface area contributed by atoms with E-state index in [4.69, 9.17) is 0 Å². The van der Waals surface area contributed by atoms with Crippen LogP contribution in [0.5, 0.6) is 0 Å². The molecule has 2 aromatic carbocycles. The summed E-state index contributed by atoms with van der Waals surface area (Å²) < 4.78 is 49.1. The first-order valence-electron chi connectivity index (χ1n) is 6.82. The summed E-state index contributed by atoms with van der Waals surface area (Å²) in [5.74, 6) is 0. The third kappa shape index (κ3) is 3.72. The fraction of sp³-hybridized carbons (Fsp3) is 0.125. The Kier molecular flexibility index (Phi) is 5.54. The Hall–Kier alpha value is -1.22. The van der Waals surface area contributed by atoms with Crippen molar-refractivity contribution in [1.29, 1.82) is 0 Å². The van der Waals surface area contributed by atoms with Gasteiger partial charge < -0.3 is 0 Å². The van der Waals surface area contributed by atoms with E-state index >= 15 is 0 Å². The van der Waals surface area contributed by atoms with Gasteiger partial charge in [0.05, 0.1) is 9.79 Å². The van der Waals surface area contributed by atoms with Gasteiger partial charge >= 0.3 is 0 Å². The Morgan fingerprint density at radius 2 is 0.875 bits per heavy atom. The van der Waals surface area contributed by atoms with Gasteiger partial charge in [-0.1, -0.05) is 35.4 Å². The maximum atomic E-state index is 12.6. The lowest BCUT2D eigenvalue weighted by atomic mass is 10.2. The molecule has 0 saturated heterocycles. The van der Waals surface area contributed by atoms with E-state index in [0.29, 0.717) is 0 Å². The second kappa shape index (κ2) is 6.95. The predicted molar refractivity (Wildman–Crippen MR) is 102 cm³/mol. The van der Waals surface area contributed by atoms with Crippen molar-refractivity contribution in [2.45, 2.75) is 23.6 Å². The molecule has 24 heavy (non-hydrogen) atoms. The molecule has 0 aliphatic rings. The molecule has 0 fully saturated rings. The molecule has 0 atom stereocenters. The highest BCUT2D eigenvalue weighted by atomic mass is 32.3. The van der Waals surface area contributed by atoms with E-state index in [-0.39, 0.29) is 9.79 Å². The molecule has 128 valence electrons. The van der Waals surface area contributed by atoms with E-state index < -0.39 is 28.1 Å². The van der Waals surface area contributed by atoms with Crippen LogP contribution in [-0.2, 0) is 19.7 Å². The average molecular weight is 401 g/mol. The van der Waals surface area contributed by atoms with E-state index in [1.807, 2.05) is 13.8 Å². The summed E-state index contributed by atoms with van der Waals surface area (Å²) >= 11 is 7.89. The van der Waals surface area contributed by atoms with Crippen LogP contribution in [0.4, 0.5) is 0 Å². The minimum absolute atomic E-state index is 0.0382. The van der Waals surface area contributed by atoms with Crippen molar-refractivity contribution in [2.75, 3.05) is 0 Å². The van der Waals surface area contributed by atoms with Gasteiger partial charge in [0.1, 0.15) is 8.47 Å². The van der Waals surface area contributed by atoms with Gasteiger partial charge in [0.25, 0.3) is 0 Å². The fourth-order valence-electron chi connectivity index (χ4n) is 1.89. The highest BCUT2D eigenvalue weighted by Gasteiger charge is 2.28. The van der Waals surface area contributed by atoms with Crippen LogP contribution in [0.2, 0.25) is 0 Å². The number of benzene rings is 2. The summed E-state index contributed by atoms with van der Waals surface area (Å²) in [5.41, 5.74) is 1.77. The maximum absolute atomic E-state index is 12.6. The Balaban J connectivity index is 2.57. The van der Waals surface area contributed by atoms with E-state index in [1.165, 1.54) is 24.3 Å². The van der Waals surface area contributed by atoms with Gasteiger partial charge in [-0.25, -0.2) is 16.8 Å². The summed E-state index contributed by atoms with van der Waals surface area (Å²) in [6.07, 6.45) is 0. The first-order chi connectivity index (χ1) is 11.1. The highest BCUT2D eigenvalue weighted by Crippen LogP contribution is 2.32. The Morgan fingerprint density at radius 3 is 1.12 bits per heavy atom. The van der Waals surface area contributed by atoms with Crippen molar-refractivity contribution in [3.63, 3.8) is 0 Å². The molecule has 0 aromatic heterocycles. The summed E-state index contributed by atoms with van der Waals surface area (Å²) in [4.78, 5) is -0.0764. The number of sulfone groups is 2. The molecule has 0 aliphatic carbocycles. The van der Waals surface area contributed by atoms with Crippen LogP contribution in [0.3, 0.4) is 0 Å². The SMILES string of the molecule is Cc1ccc(S(=O)(=O)/C(S)=C(/S)S(=O)(=O)c2ccc(C)cc2)cc1. The second-order valence-corrected chi connectivity index (χ2v) is 10.5. The molecule has 4 nitrogen and oxygen atoms in total. The number of hydrogen-bond acceptors (Lipinski definition) is 6. The highest BCUT2D eigenvalue weighted by molar-refractivity contribution is 8.16. The van der Waals surface area contributed by atoms with Crippen molar-refractivity contribution in [1.82, 2.24) is 0 Å². The molecule has 0 amide bonds. The van der Waals surface area contributed by atoms with E-state index in [1.54, 1.807) is 24.3 Å². The fourth-order valence-corrected chi connectivity index (χ4v) is 5.79. The van der Waals surface area contributed by atoms with Crippen LogP contribution in [0.1, 0.15) is 11.1 Å². The molecule has 0 heterocycles. The monoisotopic (exact) mass is 400 g/mol. The Labute approximate surface area is 153 Å². The normalized spacial score (nSPS) is 13.5. The quantitative estimate of drug-likeness (QED) is 0.771. The molecule has 2 aromatic rings. The van der Waals surface area contributed by atoms with Crippen molar-refractivity contribution in [3.05, 3.63) is 68.1 Å². The number of aryl methyl sites for hydroxylation is 2. The Bertz CT molecular complexity index is 902. The number of rotatable bonds is 4. The lowest BCUT2D eigenvalue weighted by Crippen LogP contribution is -2.08. The zero-order valence-electron chi connectivity index (χ0n) is 13.0. The van der Waals surface area contributed by atoms with Crippen LogP contribution in [0.15, 0.2) is 66.8 Å². The number of thiol groups is 2. The lowest BCUT2D eigenvalue weighted by Gasteiger charge is -2.09. The van der Waals surface area contributed by atoms with Crippen molar-refractivity contribution >= 4 is 44.9 Å². The van der Waals surface area contributed by atoms with Crippen molar-refractivity contribution in [2.24, 2.45) is 0 Å². The largest absolute Gasteiger partial charge is 0.218 e. The molecule has 2 rings (SSSR count). The molecule has 0 spiro atoms. The Morgan fingerprint density at radius 1 is 0.625 bits per heavy atom. The predicted octanol–water partition coefficient (Wildman–Crippen LogP) is 3.54. The zero-order valence-corrected chi connectivity index (χ0v) is 16.4. The maximum Gasteiger partial charge on any atom is 0.214 e. The zero-order chi connectivity index (χ0) is 18.1. The minimum Gasteiger partial charge on any atom is -0.218 e. The average Bonchev–Trinajstić information content (AvgIpc) is 2.54. The molecule has 0 N–H and O–H groups in total. The molecular weight excluding hydrogens is 384 g/mol. The second-order valence-electron chi connectivity index (χ2n) is 5.24. The van der Waals surface area contributed by atoms with E-state index in [2.05, 4.69) is 25.3 Å². The third-order valence-electron chi connectivity index (χ3n) is 3.35. The minimum atomic E-state index is -4.07. The third-order valence-corrected chi connectivity index (χ3v) is 9.06. The topological polar surface area (TPSA) is 68.3 Å². The van der Waals surface area contributed by atoms with Crippen molar-refractivity contribution < 1.29 is 16.8 Å². The van der Waals surface area contributed by atoms with Gasteiger partial charge in [0.15, 0.2) is 0 Å². The molecule has 8 heteroatoms. The number of hydrogen-bond donors (Lipinski definition) is 2. The van der Waals surface area contributed by atoms with Gasteiger partial charge in [0.2, 0.25) is 19.7 Å². The summed E-state index contributed by atoms with van der Waals surface area (Å²) in [6.45, 7) is 3.64. The standard InChI is InChI=1S/C16H16O4S4/c1-11-3-7-13(8-4-11)23(17,18)15(21)16(22)24(19,20)14-9-5-12(2)6-10-14/h3-10,21-22H,1-2H3/b16-15-. The molecule has 0 unspecified atom stereocenters. The van der Waals surface area contributed by atoms with Crippen LogP contribution < -0.4 is 0 Å². The van der Waals surface area contributed by atoms with Crippen LogP contribution >= 0.6 is 25.3 Å². The van der Waals surface area contributed by atoms with Crippen molar-refractivity contribution in [3.8, 4) is 0 Å². The molecule has 0 radical (unpaired) electrons. The summed E-state index contributed by atoms with van der Waals surface area (Å²) in [7, 11) is -8.13. The van der Waals surface area contributed by atoms with E-state index in [0.717, 1.165) is 11.1 Å². The van der Waals surface area contributed by atoms with Crippen LogP contribution in [0, 0.1) is 13.8 Å². The van der Waals surface area contributed by atoms with E-state index in [9.17, 15) is 16.8 Å². The molecular formula is C16H16O4S4. The summed E-state index contributed by atoms with van der Waals surface area (Å²) in [6, 6.07) is 12.1.